The highest BCUT2D eigenvalue weighted by Gasteiger charge is 2.34. The van der Waals surface area contributed by atoms with Crippen LogP contribution in [-0.2, 0) is 8.85 Å². The molecule has 0 aromatic heterocycles. The summed E-state index contributed by atoms with van der Waals surface area (Å²) in [5.41, 5.74) is 0.207. The van der Waals surface area contributed by atoms with E-state index in [0.29, 0.717) is 0 Å². The van der Waals surface area contributed by atoms with Crippen molar-refractivity contribution < 1.29 is 8.85 Å². The summed E-state index contributed by atoms with van der Waals surface area (Å²) in [4.78, 5) is 2.42. The lowest BCUT2D eigenvalue weighted by molar-refractivity contribution is 0.0516. The lowest BCUT2D eigenvalue weighted by atomic mass is 10.1. The van der Waals surface area contributed by atoms with Gasteiger partial charge in [-0.25, -0.2) is 0 Å². The van der Waals surface area contributed by atoms with E-state index in [1.54, 1.807) is 0 Å². The van der Waals surface area contributed by atoms with Crippen molar-refractivity contribution in [1.29, 1.82) is 0 Å². The van der Waals surface area contributed by atoms with Gasteiger partial charge in [-0.3, -0.25) is 4.90 Å². The third-order valence-electron chi connectivity index (χ3n) is 2.75. The summed E-state index contributed by atoms with van der Waals surface area (Å²) in [7, 11) is -1.12. The topological polar surface area (TPSA) is 21.7 Å². The molecule has 0 unspecified atom stereocenters. The summed E-state index contributed by atoms with van der Waals surface area (Å²) >= 11 is 0. The third kappa shape index (κ3) is 4.16. The van der Waals surface area contributed by atoms with Gasteiger partial charge in [0.2, 0.25) is 0 Å². The van der Waals surface area contributed by atoms with Gasteiger partial charge in [0.05, 0.1) is 0 Å². The summed E-state index contributed by atoms with van der Waals surface area (Å²) in [6.07, 6.45) is 0. The second kappa shape index (κ2) is 5.17. The molecule has 3 nitrogen and oxygen atoms in total. The van der Waals surface area contributed by atoms with E-state index in [0.717, 1.165) is 26.3 Å². The van der Waals surface area contributed by atoms with Crippen LogP contribution in [0.15, 0.2) is 0 Å². The van der Waals surface area contributed by atoms with Crippen LogP contribution >= 0.6 is 0 Å². The minimum absolute atomic E-state index is 0.161. The van der Waals surface area contributed by atoms with Gasteiger partial charge in [-0.05, 0) is 20.8 Å². The Morgan fingerprint density at radius 1 is 0.875 bits per heavy atom. The molecule has 0 N–H and O–H groups in total. The van der Waals surface area contributed by atoms with Gasteiger partial charge in [0.25, 0.3) is 0 Å². The van der Waals surface area contributed by atoms with E-state index in [2.05, 4.69) is 46.4 Å². The van der Waals surface area contributed by atoms with Gasteiger partial charge in [-0.1, -0.05) is 20.8 Å². The zero-order chi connectivity index (χ0) is 12.4. The SMILES string of the molecule is CC(C)(C)N1CCO[Si](C(C)(C)C)OCC1. The lowest BCUT2D eigenvalue weighted by Gasteiger charge is -2.39. The molecule has 1 radical (unpaired) electrons. The maximum absolute atomic E-state index is 5.91. The van der Waals surface area contributed by atoms with E-state index in [4.69, 9.17) is 8.85 Å². The van der Waals surface area contributed by atoms with E-state index in [1.807, 2.05) is 0 Å². The Kier molecular flexibility index (Phi) is 4.57. The molecule has 1 aliphatic rings. The first-order valence-electron chi connectivity index (χ1n) is 6.09. The Hall–Kier alpha value is 0.0969. The largest absolute Gasteiger partial charge is 0.392 e. The standard InChI is InChI=1S/C12H26NO2Si/c1-11(2,3)13-7-9-14-16(12(4,5)6)15-10-8-13/h7-10H2,1-6H3. The molecular formula is C12H26NO2Si. The highest BCUT2D eigenvalue weighted by molar-refractivity contribution is 6.48. The molecule has 95 valence electrons. The first-order valence-corrected chi connectivity index (χ1v) is 7.41. The molecule has 1 aliphatic heterocycles. The predicted octanol–water partition coefficient (Wildman–Crippen LogP) is 2.42. The van der Waals surface area contributed by atoms with Gasteiger partial charge in [0, 0.05) is 36.9 Å². The van der Waals surface area contributed by atoms with Crippen molar-refractivity contribution >= 4 is 9.28 Å². The molecule has 4 heteroatoms. The summed E-state index contributed by atoms with van der Waals surface area (Å²) in [5, 5.41) is 0.161. The first-order chi connectivity index (χ1) is 7.21. The van der Waals surface area contributed by atoms with Crippen molar-refractivity contribution in [3.8, 4) is 0 Å². The van der Waals surface area contributed by atoms with E-state index in [9.17, 15) is 0 Å². The molecule has 0 bridgehead atoms. The zero-order valence-electron chi connectivity index (χ0n) is 11.6. The van der Waals surface area contributed by atoms with E-state index in [1.165, 1.54) is 0 Å². The third-order valence-corrected chi connectivity index (χ3v) is 4.91. The second-order valence-corrected chi connectivity index (χ2v) is 9.04. The van der Waals surface area contributed by atoms with Crippen LogP contribution in [0.25, 0.3) is 0 Å². The van der Waals surface area contributed by atoms with Gasteiger partial charge in [0.15, 0.2) is 0 Å². The second-order valence-electron chi connectivity index (χ2n) is 6.39. The van der Waals surface area contributed by atoms with Crippen molar-refractivity contribution in [1.82, 2.24) is 4.90 Å². The predicted molar refractivity (Wildman–Crippen MR) is 68.7 cm³/mol. The molecule has 0 atom stereocenters. The number of hydrogen-bond acceptors (Lipinski definition) is 3. The molecule has 1 saturated heterocycles. The quantitative estimate of drug-likeness (QED) is 0.611. The van der Waals surface area contributed by atoms with Crippen LogP contribution < -0.4 is 0 Å². The van der Waals surface area contributed by atoms with Gasteiger partial charge in [-0.15, -0.1) is 0 Å². The Balaban J connectivity index is 2.50. The highest BCUT2D eigenvalue weighted by Crippen LogP contribution is 2.29. The number of rotatable bonds is 0. The molecule has 0 aromatic carbocycles. The Bertz CT molecular complexity index is 188. The highest BCUT2D eigenvalue weighted by atomic mass is 28.3. The maximum Gasteiger partial charge on any atom is 0.390 e. The molecule has 1 heterocycles. The minimum Gasteiger partial charge on any atom is -0.392 e. The van der Waals surface area contributed by atoms with Crippen LogP contribution in [0.3, 0.4) is 0 Å². The van der Waals surface area contributed by atoms with Gasteiger partial charge < -0.3 is 8.85 Å². The van der Waals surface area contributed by atoms with E-state index >= 15 is 0 Å². The Morgan fingerprint density at radius 2 is 1.31 bits per heavy atom. The molecule has 0 spiro atoms. The van der Waals surface area contributed by atoms with Crippen LogP contribution in [0, 0.1) is 0 Å². The fourth-order valence-corrected chi connectivity index (χ4v) is 3.26. The van der Waals surface area contributed by atoms with Crippen LogP contribution in [0.4, 0.5) is 0 Å². The maximum atomic E-state index is 5.91. The molecular weight excluding hydrogens is 218 g/mol. The molecule has 0 amide bonds. The van der Waals surface area contributed by atoms with Crippen LogP contribution in [-0.4, -0.2) is 46.0 Å². The summed E-state index contributed by atoms with van der Waals surface area (Å²) in [5.74, 6) is 0. The normalized spacial score (nSPS) is 22.9. The Morgan fingerprint density at radius 3 is 1.62 bits per heavy atom. The summed E-state index contributed by atoms with van der Waals surface area (Å²) in [6, 6.07) is 0. The van der Waals surface area contributed by atoms with Crippen molar-refractivity contribution in [2.24, 2.45) is 0 Å². The molecule has 1 rings (SSSR count). The van der Waals surface area contributed by atoms with E-state index < -0.39 is 9.28 Å². The average Bonchev–Trinajstić information content (AvgIpc) is 1.96. The van der Waals surface area contributed by atoms with Gasteiger partial charge in [-0.2, -0.15) is 0 Å². The van der Waals surface area contributed by atoms with Crippen molar-refractivity contribution in [2.45, 2.75) is 52.1 Å². The van der Waals surface area contributed by atoms with Crippen LogP contribution in [0.2, 0.25) is 5.04 Å². The van der Waals surface area contributed by atoms with Crippen molar-refractivity contribution in [3.05, 3.63) is 0 Å². The molecule has 16 heavy (non-hydrogen) atoms. The van der Waals surface area contributed by atoms with Gasteiger partial charge in [0.1, 0.15) is 0 Å². The number of nitrogens with zero attached hydrogens (tertiary/aromatic N) is 1. The fourth-order valence-electron chi connectivity index (χ4n) is 1.75. The minimum atomic E-state index is -1.12. The lowest BCUT2D eigenvalue weighted by Crippen LogP contribution is -2.49. The summed E-state index contributed by atoms with van der Waals surface area (Å²) < 4.78 is 11.8. The molecule has 0 aromatic rings. The monoisotopic (exact) mass is 244 g/mol. The van der Waals surface area contributed by atoms with Crippen LogP contribution in [0.1, 0.15) is 41.5 Å². The smallest absolute Gasteiger partial charge is 0.390 e. The average molecular weight is 244 g/mol. The molecule has 1 fully saturated rings. The van der Waals surface area contributed by atoms with E-state index in [-0.39, 0.29) is 10.6 Å². The van der Waals surface area contributed by atoms with Crippen LogP contribution in [0.5, 0.6) is 0 Å². The van der Waals surface area contributed by atoms with Crippen molar-refractivity contribution in [3.63, 3.8) is 0 Å². The van der Waals surface area contributed by atoms with Crippen molar-refractivity contribution in [2.75, 3.05) is 26.3 Å². The fraction of sp³-hybridized carbons (Fsp3) is 1.00. The molecule has 0 aliphatic carbocycles. The summed E-state index contributed by atoms with van der Waals surface area (Å²) in [6.45, 7) is 16.9. The molecule has 0 saturated carbocycles. The van der Waals surface area contributed by atoms with Gasteiger partial charge >= 0.3 is 9.28 Å². The Labute approximate surface area is 102 Å². The first kappa shape index (κ1) is 14.2. The zero-order valence-corrected chi connectivity index (χ0v) is 12.6. The number of hydrogen-bond donors (Lipinski definition) is 0.